The summed E-state index contributed by atoms with van der Waals surface area (Å²) in [6.07, 6.45) is 0.0626. The molecule has 4 N–H and O–H groups in total. The molecule has 46 heavy (non-hydrogen) atoms. The molecule has 0 radical (unpaired) electrons. The molecule has 1 saturated heterocycles. The molecule has 4 atom stereocenters. The molecule has 0 aromatic heterocycles. The average Bonchev–Trinajstić information content (AvgIpc) is 3.41. The van der Waals surface area contributed by atoms with Crippen molar-refractivity contribution in [1.82, 2.24) is 20.9 Å². The minimum Gasteiger partial charge on any atom is -0.483 e. The van der Waals surface area contributed by atoms with E-state index in [-0.39, 0.29) is 36.8 Å². The second-order valence-corrected chi connectivity index (χ2v) is 12.7. The molecule has 246 valence electrons. The van der Waals surface area contributed by atoms with Crippen LogP contribution in [0.15, 0.2) is 72.8 Å². The lowest BCUT2D eigenvalue weighted by Crippen LogP contribution is -2.55. The summed E-state index contributed by atoms with van der Waals surface area (Å²) in [5.74, 6) is -0.0426. The largest absolute Gasteiger partial charge is 0.483 e. The molecule has 3 aromatic carbocycles. The molecular formula is C37H48N4O5. The number of hydrogen-bond donors (Lipinski definition) is 4. The van der Waals surface area contributed by atoms with Gasteiger partial charge in [0.2, 0.25) is 5.91 Å². The molecule has 1 aliphatic heterocycles. The van der Waals surface area contributed by atoms with Gasteiger partial charge in [-0.2, -0.15) is 0 Å². The number of nitrogens with zero attached hydrogens (tertiary/aromatic N) is 1. The number of aliphatic hydroxyl groups excluding tert-OH is 1. The van der Waals surface area contributed by atoms with E-state index in [1.807, 2.05) is 107 Å². The SMILES string of the molecule is Cc1cc(C)c(OCC(=O)NC(Cc2ccccc2)[C@@H](O)C[C@H](Cc2ccccc2)NC(=O)[C@H](C(C)C)N2CCNC2=O)c(C)c1. The van der Waals surface area contributed by atoms with Crippen molar-refractivity contribution in [2.24, 2.45) is 5.92 Å². The van der Waals surface area contributed by atoms with Gasteiger partial charge in [-0.1, -0.05) is 92.2 Å². The van der Waals surface area contributed by atoms with Crippen LogP contribution in [0.3, 0.4) is 0 Å². The minimum atomic E-state index is -0.992. The quantitative estimate of drug-likeness (QED) is 0.201. The molecule has 0 spiro atoms. The fourth-order valence-electron chi connectivity index (χ4n) is 6.32. The zero-order valence-electron chi connectivity index (χ0n) is 27.6. The van der Waals surface area contributed by atoms with Crippen molar-refractivity contribution in [3.8, 4) is 5.75 Å². The molecule has 4 amide bonds. The van der Waals surface area contributed by atoms with E-state index in [0.29, 0.717) is 31.7 Å². The van der Waals surface area contributed by atoms with E-state index in [4.69, 9.17) is 4.74 Å². The first kappa shape index (κ1) is 34.5. The van der Waals surface area contributed by atoms with Crippen molar-refractivity contribution in [2.45, 2.75) is 78.1 Å². The second-order valence-electron chi connectivity index (χ2n) is 12.7. The molecule has 3 aromatic rings. The van der Waals surface area contributed by atoms with Gasteiger partial charge in [0.25, 0.3) is 5.91 Å². The van der Waals surface area contributed by atoms with Crippen molar-refractivity contribution in [3.05, 3.63) is 101 Å². The first-order valence-electron chi connectivity index (χ1n) is 16.1. The topological polar surface area (TPSA) is 120 Å². The van der Waals surface area contributed by atoms with Crippen molar-refractivity contribution in [1.29, 1.82) is 0 Å². The number of ether oxygens (including phenoxy) is 1. The number of aliphatic hydroxyl groups is 1. The monoisotopic (exact) mass is 628 g/mol. The maximum atomic E-state index is 13.7. The van der Waals surface area contributed by atoms with E-state index < -0.39 is 24.2 Å². The van der Waals surface area contributed by atoms with Crippen LogP contribution in [0.25, 0.3) is 0 Å². The average molecular weight is 629 g/mol. The second kappa shape index (κ2) is 16.3. The van der Waals surface area contributed by atoms with E-state index in [2.05, 4.69) is 16.0 Å². The van der Waals surface area contributed by atoms with Gasteiger partial charge in [-0.25, -0.2) is 4.79 Å². The third-order valence-corrected chi connectivity index (χ3v) is 8.38. The van der Waals surface area contributed by atoms with Gasteiger partial charge in [0.1, 0.15) is 11.8 Å². The molecular weight excluding hydrogens is 580 g/mol. The van der Waals surface area contributed by atoms with Gasteiger partial charge < -0.3 is 30.7 Å². The van der Waals surface area contributed by atoms with Crippen LogP contribution >= 0.6 is 0 Å². The number of carbonyl (C=O) groups is 3. The molecule has 9 heteroatoms. The van der Waals surface area contributed by atoms with Crippen molar-refractivity contribution in [2.75, 3.05) is 19.7 Å². The summed E-state index contributed by atoms with van der Waals surface area (Å²) in [6.45, 7) is 10.5. The fraction of sp³-hybridized carbons (Fsp3) is 0.432. The number of nitrogens with one attached hydrogen (secondary N) is 3. The van der Waals surface area contributed by atoms with Crippen LogP contribution in [0.1, 0.15) is 48.1 Å². The minimum absolute atomic E-state index is 0.114. The number of amides is 4. The smallest absolute Gasteiger partial charge is 0.318 e. The van der Waals surface area contributed by atoms with E-state index in [1.54, 1.807) is 4.90 Å². The number of rotatable bonds is 15. The lowest BCUT2D eigenvalue weighted by Gasteiger charge is -2.32. The zero-order valence-corrected chi connectivity index (χ0v) is 27.6. The highest BCUT2D eigenvalue weighted by Gasteiger charge is 2.36. The van der Waals surface area contributed by atoms with Gasteiger partial charge in [-0.15, -0.1) is 0 Å². The normalized spacial score (nSPS) is 15.5. The first-order valence-corrected chi connectivity index (χ1v) is 16.1. The van der Waals surface area contributed by atoms with Crippen molar-refractivity contribution < 1.29 is 24.2 Å². The maximum absolute atomic E-state index is 13.7. The molecule has 0 bridgehead atoms. The molecule has 1 unspecified atom stereocenters. The summed E-state index contributed by atoms with van der Waals surface area (Å²) < 4.78 is 5.95. The Hall–Kier alpha value is -4.37. The van der Waals surface area contributed by atoms with Crippen molar-refractivity contribution >= 4 is 17.8 Å². The molecule has 1 heterocycles. The Kier molecular flexibility index (Phi) is 12.2. The maximum Gasteiger partial charge on any atom is 0.318 e. The summed E-state index contributed by atoms with van der Waals surface area (Å²) in [7, 11) is 0. The lowest BCUT2D eigenvalue weighted by molar-refractivity contribution is -0.128. The Morgan fingerprint density at radius 3 is 2.04 bits per heavy atom. The number of carbonyl (C=O) groups excluding carboxylic acids is 3. The van der Waals surface area contributed by atoms with E-state index in [1.165, 1.54) is 0 Å². The fourth-order valence-corrected chi connectivity index (χ4v) is 6.32. The first-order chi connectivity index (χ1) is 22.0. The van der Waals surface area contributed by atoms with Crippen LogP contribution in [0.5, 0.6) is 5.75 Å². The molecule has 1 aliphatic rings. The lowest BCUT2D eigenvalue weighted by atomic mass is 9.93. The highest BCUT2D eigenvalue weighted by Crippen LogP contribution is 2.24. The Labute approximate surface area is 272 Å². The summed E-state index contributed by atoms with van der Waals surface area (Å²) in [6, 6.07) is 21.5. The van der Waals surface area contributed by atoms with E-state index in [9.17, 15) is 19.5 Å². The van der Waals surface area contributed by atoms with Crippen LogP contribution in [0.2, 0.25) is 0 Å². The predicted molar refractivity (Wildman–Crippen MR) is 180 cm³/mol. The van der Waals surface area contributed by atoms with Gasteiger partial charge in [-0.3, -0.25) is 9.59 Å². The van der Waals surface area contributed by atoms with Gasteiger partial charge in [0, 0.05) is 19.1 Å². The van der Waals surface area contributed by atoms with Crippen LogP contribution in [-0.4, -0.2) is 71.8 Å². The molecule has 0 aliphatic carbocycles. The predicted octanol–water partition coefficient (Wildman–Crippen LogP) is 4.25. The Morgan fingerprint density at radius 1 is 0.913 bits per heavy atom. The van der Waals surface area contributed by atoms with Gasteiger partial charge in [-0.05, 0) is 68.2 Å². The highest BCUT2D eigenvalue weighted by atomic mass is 16.5. The zero-order chi connectivity index (χ0) is 33.2. The van der Waals surface area contributed by atoms with Crippen LogP contribution < -0.4 is 20.7 Å². The van der Waals surface area contributed by atoms with E-state index >= 15 is 0 Å². The number of urea groups is 1. The highest BCUT2D eigenvalue weighted by molar-refractivity contribution is 5.88. The molecule has 0 saturated carbocycles. The summed E-state index contributed by atoms with van der Waals surface area (Å²) >= 11 is 0. The van der Waals surface area contributed by atoms with Gasteiger partial charge in [0.05, 0.1) is 12.1 Å². The Bertz CT molecular complexity index is 1440. The third-order valence-electron chi connectivity index (χ3n) is 8.38. The van der Waals surface area contributed by atoms with Crippen molar-refractivity contribution in [3.63, 3.8) is 0 Å². The standard InChI is InChI=1S/C37H48N4O5/c1-24(2)34(41-17-16-38-37(41)45)36(44)39-30(20-28-12-8-6-9-13-28)22-32(42)31(21-29-14-10-7-11-15-29)40-33(43)23-46-35-26(4)18-25(3)19-27(35)5/h6-15,18-19,24,30-32,34,42H,16-17,20-23H2,1-5H3,(H,38,45)(H,39,44)(H,40,43)/t30-,31?,32-,34-/m0/s1. The molecule has 4 rings (SSSR count). The van der Waals surface area contributed by atoms with Crippen LogP contribution in [-0.2, 0) is 22.4 Å². The summed E-state index contributed by atoms with van der Waals surface area (Å²) in [5.41, 5.74) is 4.99. The number of aryl methyl sites for hydroxylation is 3. The van der Waals surface area contributed by atoms with E-state index in [0.717, 1.165) is 27.8 Å². The van der Waals surface area contributed by atoms with Crippen LogP contribution in [0.4, 0.5) is 4.79 Å². The number of benzene rings is 3. The molecule has 9 nitrogen and oxygen atoms in total. The summed E-state index contributed by atoms with van der Waals surface area (Å²) in [4.78, 5) is 41.0. The Balaban J connectivity index is 1.52. The van der Waals surface area contributed by atoms with Gasteiger partial charge >= 0.3 is 6.03 Å². The summed E-state index contributed by atoms with van der Waals surface area (Å²) in [5, 5.41) is 20.7. The number of hydrogen-bond acceptors (Lipinski definition) is 5. The third kappa shape index (κ3) is 9.57. The Morgan fingerprint density at radius 2 is 1.50 bits per heavy atom. The van der Waals surface area contributed by atoms with Crippen LogP contribution in [0, 0.1) is 26.7 Å². The molecule has 1 fully saturated rings. The van der Waals surface area contributed by atoms with Gasteiger partial charge in [0.15, 0.2) is 6.61 Å².